The van der Waals surface area contributed by atoms with E-state index in [1.807, 2.05) is 31.2 Å². The van der Waals surface area contributed by atoms with E-state index >= 15 is 0 Å². The van der Waals surface area contributed by atoms with Crippen LogP contribution < -0.4 is 10.5 Å². The molecule has 0 spiro atoms. The van der Waals surface area contributed by atoms with Crippen LogP contribution in [0.3, 0.4) is 0 Å². The van der Waals surface area contributed by atoms with Gasteiger partial charge in [0, 0.05) is 19.3 Å². The first-order chi connectivity index (χ1) is 9.77. The number of para-hydroxylation sites is 1. The van der Waals surface area contributed by atoms with E-state index in [1.54, 1.807) is 7.11 Å². The molecule has 1 aromatic rings. The Kier molecular flexibility index (Phi) is 5.83. The molecule has 1 aliphatic rings. The van der Waals surface area contributed by atoms with Crippen LogP contribution in [0.15, 0.2) is 24.3 Å². The van der Waals surface area contributed by atoms with Crippen LogP contribution in [-0.4, -0.2) is 33.0 Å². The molecule has 2 unspecified atom stereocenters. The minimum Gasteiger partial charge on any atom is -0.491 e. The average Bonchev–Trinajstić information content (AvgIpc) is 3.29. The van der Waals surface area contributed by atoms with Gasteiger partial charge < -0.3 is 19.9 Å². The molecule has 0 saturated heterocycles. The Labute approximate surface area is 121 Å². The third kappa shape index (κ3) is 3.95. The molecule has 0 aromatic heterocycles. The quantitative estimate of drug-likeness (QED) is 0.706. The lowest BCUT2D eigenvalue weighted by Crippen LogP contribution is -2.31. The summed E-state index contributed by atoms with van der Waals surface area (Å²) < 4.78 is 16.6. The predicted octanol–water partition coefficient (Wildman–Crippen LogP) is 2.53. The SMILES string of the molecule is CCOC(C1CC1)C(N)c1ccccc1OCCOC. The van der Waals surface area contributed by atoms with Crippen LogP contribution >= 0.6 is 0 Å². The maximum atomic E-state index is 6.44. The maximum Gasteiger partial charge on any atom is 0.124 e. The van der Waals surface area contributed by atoms with Crippen molar-refractivity contribution in [2.24, 2.45) is 11.7 Å². The fourth-order valence-electron chi connectivity index (χ4n) is 2.45. The maximum absolute atomic E-state index is 6.44. The molecule has 4 nitrogen and oxygen atoms in total. The number of ether oxygens (including phenoxy) is 3. The highest BCUT2D eigenvalue weighted by Crippen LogP contribution is 2.40. The molecule has 0 aliphatic heterocycles. The fourth-order valence-corrected chi connectivity index (χ4v) is 2.45. The number of nitrogens with two attached hydrogens (primary N) is 1. The van der Waals surface area contributed by atoms with Crippen LogP contribution in [0.1, 0.15) is 31.4 Å². The zero-order chi connectivity index (χ0) is 14.4. The van der Waals surface area contributed by atoms with Crippen LogP contribution in [0.2, 0.25) is 0 Å². The van der Waals surface area contributed by atoms with E-state index in [2.05, 4.69) is 0 Å². The number of hydrogen-bond acceptors (Lipinski definition) is 4. The van der Waals surface area contributed by atoms with Gasteiger partial charge in [0.05, 0.1) is 18.8 Å². The largest absolute Gasteiger partial charge is 0.491 e. The monoisotopic (exact) mass is 279 g/mol. The van der Waals surface area contributed by atoms with Crippen molar-refractivity contribution in [3.63, 3.8) is 0 Å². The van der Waals surface area contributed by atoms with Crippen molar-refractivity contribution in [2.45, 2.75) is 31.9 Å². The van der Waals surface area contributed by atoms with Crippen molar-refractivity contribution in [1.82, 2.24) is 0 Å². The molecule has 112 valence electrons. The second kappa shape index (κ2) is 7.62. The summed E-state index contributed by atoms with van der Waals surface area (Å²) in [4.78, 5) is 0. The average molecular weight is 279 g/mol. The van der Waals surface area contributed by atoms with Crippen molar-refractivity contribution >= 4 is 0 Å². The van der Waals surface area contributed by atoms with Gasteiger partial charge >= 0.3 is 0 Å². The molecular weight excluding hydrogens is 254 g/mol. The topological polar surface area (TPSA) is 53.7 Å². The number of benzene rings is 1. The van der Waals surface area contributed by atoms with Crippen LogP contribution in [0.4, 0.5) is 0 Å². The molecule has 1 aromatic carbocycles. The summed E-state index contributed by atoms with van der Waals surface area (Å²) in [6, 6.07) is 7.81. The minimum atomic E-state index is -0.138. The summed E-state index contributed by atoms with van der Waals surface area (Å²) in [7, 11) is 1.67. The van der Waals surface area contributed by atoms with E-state index in [4.69, 9.17) is 19.9 Å². The molecule has 2 N–H and O–H groups in total. The van der Waals surface area contributed by atoms with Gasteiger partial charge in [-0.05, 0) is 31.7 Å². The molecule has 4 heteroatoms. The first-order valence-electron chi connectivity index (χ1n) is 7.35. The number of rotatable bonds is 9. The number of methoxy groups -OCH3 is 1. The van der Waals surface area contributed by atoms with E-state index in [9.17, 15) is 0 Å². The van der Waals surface area contributed by atoms with Gasteiger partial charge in [-0.15, -0.1) is 0 Å². The van der Waals surface area contributed by atoms with Crippen LogP contribution in [0, 0.1) is 5.92 Å². The van der Waals surface area contributed by atoms with Crippen molar-refractivity contribution in [1.29, 1.82) is 0 Å². The molecule has 1 aliphatic carbocycles. The first-order valence-corrected chi connectivity index (χ1v) is 7.35. The summed E-state index contributed by atoms with van der Waals surface area (Å²) >= 11 is 0. The standard InChI is InChI=1S/C16H25NO3/c1-3-19-16(12-8-9-12)15(17)13-6-4-5-7-14(13)20-11-10-18-2/h4-7,12,15-16H,3,8-11,17H2,1-2H3. The van der Waals surface area contributed by atoms with E-state index in [0.29, 0.717) is 25.7 Å². The van der Waals surface area contributed by atoms with Crippen molar-refractivity contribution in [3.8, 4) is 5.75 Å². The summed E-state index contributed by atoms with van der Waals surface area (Å²) in [5.74, 6) is 1.43. The molecule has 20 heavy (non-hydrogen) atoms. The molecule has 2 rings (SSSR count). The Morgan fingerprint density at radius 1 is 1.25 bits per heavy atom. The van der Waals surface area contributed by atoms with Crippen LogP contribution in [0.5, 0.6) is 5.75 Å². The molecular formula is C16H25NO3. The van der Waals surface area contributed by atoms with E-state index in [1.165, 1.54) is 12.8 Å². The second-order valence-corrected chi connectivity index (χ2v) is 5.16. The fraction of sp³-hybridized carbons (Fsp3) is 0.625. The van der Waals surface area contributed by atoms with Gasteiger partial charge in [-0.1, -0.05) is 18.2 Å². The lowest BCUT2D eigenvalue weighted by Gasteiger charge is -2.25. The molecule has 0 bridgehead atoms. The smallest absolute Gasteiger partial charge is 0.124 e. The van der Waals surface area contributed by atoms with Gasteiger partial charge in [-0.2, -0.15) is 0 Å². The van der Waals surface area contributed by atoms with Gasteiger partial charge in [-0.25, -0.2) is 0 Å². The summed E-state index contributed by atoms with van der Waals surface area (Å²) in [5, 5.41) is 0. The highest BCUT2D eigenvalue weighted by atomic mass is 16.5. The van der Waals surface area contributed by atoms with Gasteiger partial charge in [0.1, 0.15) is 12.4 Å². The Hall–Kier alpha value is -1.10. The second-order valence-electron chi connectivity index (χ2n) is 5.16. The lowest BCUT2D eigenvalue weighted by atomic mass is 9.98. The van der Waals surface area contributed by atoms with Gasteiger partial charge in [0.25, 0.3) is 0 Å². The van der Waals surface area contributed by atoms with Gasteiger partial charge in [0.2, 0.25) is 0 Å². The lowest BCUT2D eigenvalue weighted by molar-refractivity contribution is 0.0275. The van der Waals surface area contributed by atoms with Gasteiger partial charge in [0.15, 0.2) is 0 Å². The summed E-state index contributed by atoms with van der Waals surface area (Å²) in [6.07, 6.45) is 2.52. The number of hydrogen-bond donors (Lipinski definition) is 1. The van der Waals surface area contributed by atoms with Crippen LogP contribution in [0.25, 0.3) is 0 Å². The molecule has 0 radical (unpaired) electrons. The molecule has 1 saturated carbocycles. The Morgan fingerprint density at radius 2 is 2.00 bits per heavy atom. The highest BCUT2D eigenvalue weighted by Gasteiger charge is 2.37. The Morgan fingerprint density at radius 3 is 2.65 bits per heavy atom. The van der Waals surface area contributed by atoms with Crippen LogP contribution in [-0.2, 0) is 9.47 Å². The third-order valence-corrected chi connectivity index (χ3v) is 3.62. The first kappa shape index (κ1) is 15.3. The molecule has 0 amide bonds. The van der Waals surface area contributed by atoms with Crippen molar-refractivity contribution in [3.05, 3.63) is 29.8 Å². The minimum absolute atomic E-state index is 0.0900. The summed E-state index contributed by atoms with van der Waals surface area (Å²) in [6.45, 7) is 3.81. The molecule has 1 fully saturated rings. The zero-order valence-corrected chi connectivity index (χ0v) is 12.4. The highest BCUT2D eigenvalue weighted by molar-refractivity contribution is 5.36. The normalized spacial score (nSPS) is 17.8. The van der Waals surface area contributed by atoms with Crippen molar-refractivity contribution < 1.29 is 14.2 Å². The van der Waals surface area contributed by atoms with E-state index in [-0.39, 0.29) is 12.1 Å². The zero-order valence-electron chi connectivity index (χ0n) is 12.4. The molecule has 2 atom stereocenters. The molecule has 0 heterocycles. The predicted molar refractivity (Wildman–Crippen MR) is 78.9 cm³/mol. The Balaban J connectivity index is 2.08. The van der Waals surface area contributed by atoms with E-state index < -0.39 is 0 Å². The Bertz CT molecular complexity index is 406. The van der Waals surface area contributed by atoms with E-state index in [0.717, 1.165) is 11.3 Å². The third-order valence-electron chi connectivity index (χ3n) is 3.62. The van der Waals surface area contributed by atoms with Crippen molar-refractivity contribution in [2.75, 3.05) is 26.9 Å². The summed E-state index contributed by atoms with van der Waals surface area (Å²) in [5.41, 5.74) is 7.46. The van der Waals surface area contributed by atoms with Gasteiger partial charge in [-0.3, -0.25) is 0 Å².